The predicted molar refractivity (Wildman–Crippen MR) is 77.6 cm³/mol. The Balaban J connectivity index is 3.53. The lowest BCUT2D eigenvalue weighted by Gasteiger charge is -2.18. The summed E-state index contributed by atoms with van der Waals surface area (Å²) in [5.74, 6) is -0.577. The van der Waals surface area contributed by atoms with E-state index in [9.17, 15) is 4.79 Å². The van der Waals surface area contributed by atoms with Crippen molar-refractivity contribution in [1.82, 2.24) is 0 Å². The number of nitriles is 1. The summed E-state index contributed by atoms with van der Waals surface area (Å²) in [6, 6.07) is 2.11. The maximum absolute atomic E-state index is 10.8. The number of rotatable bonds is 12. The fourth-order valence-electron chi connectivity index (χ4n) is 1.25. The van der Waals surface area contributed by atoms with Crippen LogP contribution in [0.4, 0.5) is 0 Å². The highest BCUT2D eigenvalue weighted by atomic mass is 16.6. The Hall–Kier alpha value is -1.42. The zero-order valence-electron chi connectivity index (χ0n) is 13.0. The summed E-state index contributed by atoms with van der Waals surface area (Å²) in [7, 11) is 0. The van der Waals surface area contributed by atoms with Crippen LogP contribution in [-0.2, 0) is 23.7 Å². The average molecular weight is 299 g/mol. The highest BCUT2D eigenvalue weighted by Crippen LogP contribution is 2.01. The molecule has 0 amide bonds. The highest BCUT2D eigenvalue weighted by molar-refractivity contribution is 5.81. The molecule has 0 aromatic carbocycles. The van der Waals surface area contributed by atoms with Crippen LogP contribution in [0.2, 0.25) is 0 Å². The standard InChI is InChI=1S/C15H25NO5/c1-5-15(17)19-7-6-18-10-13(3)21-11-14(4)20-9-12(2)8-16/h5,12-14H,1,6-7,9-11H2,2-4H3. The van der Waals surface area contributed by atoms with Gasteiger partial charge < -0.3 is 18.9 Å². The van der Waals surface area contributed by atoms with Crippen molar-refractivity contribution in [3.05, 3.63) is 12.7 Å². The molecule has 0 spiro atoms. The van der Waals surface area contributed by atoms with E-state index in [-0.39, 0.29) is 24.7 Å². The molecule has 0 N–H and O–H groups in total. The summed E-state index contributed by atoms with van der Waals surface area (Å²) < 4.78 is 21.1. The molecule has 0 aromatic heterocycles. The molecule has 120 valence electrons. The van der Waals surface area contributed by atoms with Crippen molar-refractivity contribution in [3.8, 4) is 6.07 Å². The highest BCUT2D eigenvalue weighted by Gasteiger charge is 2.09. The number of hydrogen-bond acceptors (Lipinski definition) is 6. The van der Waals surface area contributed by atoms with E-state index >= 15 is 0 Å². The van der Waals surface area contributed by atoms with Crippen LogP contribution in [-0.4, -0.2) is 51.2 Å². The second-order valence-electron chi connectivity index (χ2n) is 4.76. The predicted octanol–water partition coefficient (Wildman–Crippen LogP) is 1.70. The Morgan fingerprint density at radius 3 is 2.38 bits per heavy atom. The van der Waals surface area contributed by atoms with Crippen molar-refractivity contribution in [3.63, 3.8) is 0 Å². The van der Waals surface area contributed by atoms with Gasteiger partial charge in [0.05, 0.1) is 50.6 Å². The van der Waals surface area contributed by atoms with Crippen LogP contribution in [0.3, 0.4) is 0 Å². The minimum atomic E-state index is -0.458. The number of nitrogens with zero attached hydrogens (tertiary/aromatic N) is 1. The second-order valence-corrected chi connectivity index (χ2v) is 4.76. The van der Waals surface area contributed by atoms with Gasteiger partial charge in [0.15, 0.2) is 0 Å². The Morgan fingerprint density at radius 1 is 1.14 bits per heavy atom. The van der Waals surface area contributed by atoms with E-state index in [0.717, 1.165) is 6.08 Å². The Labute approximate surface area is 126 Å². The molecule has 0 heterocycles. The van der Waals surface area contributed by atoms with Gasteiger partial charge in [-0.05, 0) is 20.8 Å². The summed E-state index contributed by atoms with van der Waals surface area (Å²) in [6.07, 6.45) is 0.955. The number of hydrogen-bond donors (Lipinski definition) is 0. The molecule has 3 atom stereocenters. The molecular weight excluding hydrogens is 274 g/mol. The number of esters is 1. The monoisotopic (exact) mass is 299 g/mol. The van der Waals surface area contributed by atoms with Crippen LogP contribution in [0.5, 0.6) is 0 Å². The van der Waals surface area contributed by atoms with Gasteiger partial charge >= 0.3 is 5.97 Å². The van der Waals surface area contributed by atoms with E-state index in [2.05, 4.69) is 12.6 Å². The van der Waals surface area contributed by atoms with Gasteiger partial charge in [-0.3, -0.25) is 0 Å². The Kier molecular flexibility index (Phi) is 11.5. The van der Waals surface area contributed by atoms with Gasteiger partial charge in [0.25, 0.3) is 0 Å². The fraction of sp³-hybridized carbons (Fsp3) is 0.733. The molecule has 0 aliphatic heterocycles. The van der Waals surface area contributed by atoms with Crippen LogP contribution < -0.4 is 0 Å². The molecule has 0 aliphatic rings. The lowest BCUT2D eigenvalue weighted by atomic mass is 10.2. The zero-order valence-corrected chi connectivity index (χ0v) is 13.0. The van der Waals surface area contributed by atoms with Gasteiger partial charge in [-0.15, -0.1) is 0 Å². The molecular formula is C15H25NO5. The molecule has 0 aliphatic carbocycles. The normalized spacial score (nSPS) is 14.8. The van der Waals surface area contributed by atoms with Crippen molar-refractivity contribution < 1.29 is 23.7 Å². The van der Waals surface area contributed by atoms with Crippen molar-refractivity contribution in [2.75, 3.05) is 33.0 Å². The molecule has 6 heteroatoms. The molecule has 21 heavy (non-hydrogen) atoms. The van der Waals surface area contributed by atoms with Crippen molar-refractivity contribution in [2.24, 2.45) is 5.92 Å². The summed E-state index contributed by atoms with van der Waals surface area (Å²) in [5, 5.41) is 8.64. The van der Waals surface area contributed by atoms with Crippen LogP contribution in [0, 0.1) is 17.2 Å². The molecule has 0 aromatic rings. The number of carbonyl (C=O) groups is 1. The molecule has 0 saturated heterocycles. The summed E-state index contributed by atoms with van der Waals surface area (Å²) >= 11 is 0. The lowest BCUT2D eigenvalue weighted by molar-refractivity contribution is -0.139. The first-order chi connectivity index (χ1) is 9.99. The molecule has 0 saturated carbocycles. The van der Waals surface area contributed by atoms with Gasteiger partial charge in [0, 0.05) is 6.08 Å². The molecule has 3 unspecified atom stereocenters. The van der Waals surface area contributed by atoms with E-state index < -0.39 is 5.97 Å². The maximum Gasteiger partial charge on any atom is 0.330 e. The molecule has 0 bridgehead atoms. The van der Waals surface area contributed by atoms with Crippen molar-refractivity contribution in [1.29, 1.82) is 5.26 Å². The van der Waals surface area contributed by atoms with Crippen molar-refractivity contribution >= 4 is 5.97 Å². The Bertz CT molecular complexity index is 339. The van der Waals surface area contributed by atoms with Crippen LogP contribution in [0.25, 0.3) is 0 Å². The van der Waals surface area contributed by atoms with Crippen LogP contribution in [0.15, 0.2) is 12.7 Å². The smallest absolute Gasteiger partial charge is 0.330 e. The largest absolute Gasteiger partial charge is 0.460 e. The average Bonchev–Trinajstić information content (AvgIpc) is 2.49. The third-order valence-corrected chi connectivity index (χ3v) is 2.46. The van der Waals surface area contributed by atoms with E-state index in [0.29, 0.717) is 26.4 Å². The van der Waals surface area contributed by atoms with E-state index in [4.69, 9.17) is 24.2 Å². The number of carbonyl (C=O) groups excluding carboxylic acids is 1. The zero-order chi connectivity index (χ0) is 16.1. The van der Waals surface area contributed by atoms with Gasteiger partial charge in [0.2, 0.25) is 0 Å². The summed E-state index contributed by atoms with van der Waals surface area (Å²) in [4.78, 5) is 10.8. The van der Waals surface area contributed by atoms with Gasteiger partial charge in [-0.1, -0.05) is 6.58 Å². The van der Waals surface area contributed by atoms with E-state index in [1.54, 1.807) is 0 Å². The maximum atomic E-state index is 10.8. The van der Waals surface area contributed by atoms with Gasteiger partial charge in [-0.2, -0.15) is 5.26 Å². The third kappa shape index (κ3) is 12.1. The topological polar surface area (TPSA) is 77.8 Å². The molecule has 0 radical (unpaired) electrons. The van der Waals surface area contributed by atoms with Crippen LogP contribution in [0.1, 0.15) is 20.8 Å². The summed E-state index contributed by atoms with van der Waals surface area (Å²) in [5.41, 5.74) is 0. The first-order valence-corrected chi connectivity index (χ1v) is 6.99. The molecule has 0 rings (SSSR count). The first kappa shape index (κ1) is 19.6. The minimum absolute atomic E-state index is 0.0724. The van der Waals surface area contributed by atoms with Crippen LogP contribution >= 0.6 is 0 Å². The first-order valence-electron chi connectivity index (χ1n) is 6.99. The molecule has 6 nitrogen and oxygen atoms in total. The quantitative estimate of drug-likeness (QED) is 0.310. The van der Waals surface area contributed by atoms with E-state index in [1.807, 2.05) is 20.8 Å². The van der Waals surface area contributed by atoms with Gasteiger partial charge in [-0.25, -0.2) is 4.79 Å². The molecule has 0 fully saturated rings. The SMILES string of the molecule is C=CC(=O)OCCOCC(C)OCC(C)OCC(C)C#N. The fourth-order valence-corrected chi connectivity index (χ4v) is 1.25. The van der Waals surface area contributed by atoms with Crippen molar-refractivity contribution in [2.45, 2.75) is 33.0 Å². The van der Waals surface area contributed by atoms with E-state index in [1.165, 1.54) is 0 Å². The second kappa shape index (κ2) is 12.3. The summed E-state index contributed by atoms with van der Waals surface area (Å²) in [6.45, 7) is 10.7. The third-order valence-electron chi connectivity index (χ3n) is 2.46. The minimum Gasteiger partial charge on any atom is -0.460 e. The Morgan fingerprint density at radius 2 is 1.76 bits per heavy atom. The van der Waals surface area contributed by atoms with Gasteiger partial charge in [0.1, 0.15) is 6.61 Å². The number of ether oxygens (including phenoxy) is 4. The lowest BCUT2D eigenvalue weighted by Crippen LogP contribution is -2.25.